The first-order valence-corrected chi connectivity index (χ1v) is 7.64. The van der Waals surface area contributed by atoms with Crippen molar-refractivity contribution in [3.8, 4) is 0 Å². The van der Waals surface area contributed by atoms with Crippen molar-refractivity contribution >= 4 is 39.1 Å². The fourth-order valence-electron chi connectivity index (χ4n) is 2.03. The van der Waals surface area contributed by atoms with Crippen LogP contribution in [-0.2, 0) is 12.8 Å². The minimum atomic E-state index is -0.264. The van der Waals surface area contributed by atoms with E-state index < -0.39 is 0 Å². The van der Waals surface area contributed by atoms with Gasteiger partial charge in [0, 0.05) is 20.6 Å². The van der Waals surface area contributed by atoms with Gasteiger partial charge in [-0.05, 0) is 48.2 Å². The van der Waals surface area contributed by atoms with E-state index in [1.165, 1.54) is 6.07 Å². The van der Waals surface area contributed by atoms with Gasteiger partial charge in [-0.1, -0.05) is 51.3 Å². The van der Waals surface area contributed by atoms with Gasteiger partial charge in [-0.2, -0.15) is 0 Å². The first-order valence-electron chi connectivity index (χ1n) is 6.09. The number of nitrogens with two attached hydrogens (primary N) is 1. The summed E-state index contributed by atoms with van der Waals surface area (Å²) < 4.78 is 14.5. The monoisotopic (exact) mass is 375 g/mol. The van der Waals surface area contributed by atoms with Crippen molar-refractivity contribution in [2.45, 2.75) is 18.9 Å². The Morgan fingerprint density at radius 2 is 1.75 bits per heavy atom. The van der Waals surface area contributed by atoms with Gasteiger partial charge in [-0.15, -0.1) is 0 Å². The molecule has 0 heterocycles. The highest BCUT2D eigenvalue weighted by molar-refractivity contribution is 9.10. The lowest BCUT2D eigenvalue weighted by Gasteiger charge is -2.14. The van der Waals surface area contributed by atoms with Gasteiger partial charge in [0.05, 0.1) is 0 Å². The quantitative estimate of drug-likeness (QED) is 0.797. The van der Waals surface area contributed by atoms with Crippen LogP contribution in [0.15, 0.2) is 40.9 Å². The fraction of sp³-hybridized carbons (Fsp3) is 0.200. The molecule has 106 valence electrons. The first kappa shape index (κ1) is 15.8. The molecule has 20 heavy (non-hydrogen) atoms. The molecule has 1 unspecified atom stereocenters. The summed E-state index contributed by atoms with van der Waals surface area (Å²) in [5, 5.41) is 1.17. The largest absolute Gasteiger partial charge is 0.327 e. The highest BCUT2D eigenvalue weighted by Gasteiger charge is 2.13. The zero-order chi connectivity index (χ0) is 14.7. The second-order valence-corrected chi connectivity index (χ2v) is 6.33. The van der Waals surface area contributed by atoms with Crippen LogP contribution >= 0.6 is 39.1 Å². The molecule has 1 atom stereocenters. The molecule has 1 nitrogen and oxygen atoms in total. The number of benzene rings is 2. The van der Waals surface area contributed by atoms with Crippen LogP contribution in [-0.4, -0.2) is 6.04 Å². The second kappa shape index (κ2) is 6.90. The molecule has 0 aliphatic carbocycles. The van der Waals surface area contributed by atoms with Crippen LogP contribution in [0, 0.1) is 5.82 Å². The minimum absolute atomic E-state index is 0.247. The molecule has 2 rings (SSSR count). The third-order valence-corrected chi connectivity index (χ3v) is 4.23. The lowest BCUT2D eigenvalue weighted by molar-refractivity contribution is 0.583. The maximum Gasteiger partial charge on any atom is 0.127 e. The zero-order valence-corrected chi connectivity index (χ0v) is 13.6. The Balaban J connectivity index is 2.11. The van der Waals surface area contributed by atoms with Crippen molar-refractivity contribution in [1.82, 2.24) is 0 Å². The van der Waals surface area contributed by atoms with E-state index in [1.54, 1.807) is 30.3 Å². The summed E-state index contributed by atoms with van der Waals surface area (Å²) in [5.41, 5.74) is 7.48. The minimum Gasteiger partial charge on any atom is -0.327 e. The van der Waals surface area contributed by atoms with Crippen molar-refractivity contribution in [1.29, 1.82) is 0 Å². The van der Waals surface area contributed by atoms with Crippen LogP contribution in [0.3, 0.4) is 0 Å². The summed E-state index contributed by atoms with van der Waals surface area (Å²) in [6.45, 7) is 0. The first-order chi connectivity index (χ1) is 9.47. The molecule has 2 aromatic carbocycles. The van der Waals surface area contributed by atoms with Crippen LogP contribution in [0.4, 0.5) is 4.39 Å². The van der Waals surface area contributed by atoms with Gasteiger partial charge in [0.2, 0.25) is 0 Å². The number of hydrogen-bond acceptors (Lipinski definition) is 1. The summed E-state index contributed by atoms with van der Waals surface area (Å²) in [6.07, 6.45) is 0.939. The molecule has 0 aliphatic heterocycles. The Hall–Kier alpha value is -0.610. The molecule has 0 radical (unpaired) electrons. The van der Waals surface area contributed by atoms with E-state index in [2.05, 4.69) is 15.9 Å². The van der Waals surface area contributed by atoms with Crippen LogP contribution in [0.1, 0.15) is 11.1 Å². The fourth-order valence-corrected chi connectivity index (χ4v) is 2.92. The van der Waals surface area contributed by atoms with E-state index in [1.807, 2.05) is 0 Å². The zero-order valence-electron chi connectivity index (χ0n) is 10.5. The van der Waals surface area contributed by atoms with Crippen LogP contribution in [0.5, 0.6) is 0 Å². The molecule has 0 fully saturated rings. The van der Waals surface area contributed by atoms with E-state index in [9.17, 15) is 4.39 Å². The standard InChI is InChI=1S/C15H13BrCl2FN/c16-10-5-4-9(15(19)7-10)6-11(20)8-12-13(17)2-1-3-14(12)18/h1-5,7,11H,6,8,20H2. The topological polar surface area (TPSA) is 26.0 Å². The van der Waals surface area contributed by atoms with Crippen molar-refractivity contribution in [3.63, 3.8) is 0 Å². The lowest BCUT2D eigenvalue weighted by atomic mass is 9.99. The number of hydrogen-bond donors (Lipinski definition) is 1. The van der Waals surface area contributed by atoms with E-state index in [0.29, 0.717) is 32.9 Å². The van der Waals surface area contributed by atoms with Gasteiger partial charge < -0.3 is 5.73 Å². The highest BCUT2D eigenvalue weighted by atomic mass is 79.9. The van der Waals surface area contributed by atoms with Crippen LogP contribution < -0.4 is 5.73 Å². The maximum absolute atomic E-state index is 13.8. The smallest absolute Gasteiger partial charge is 0.127 e. The molecule has 0 amide bonds. The van der Waals surface area contributed by atoms with Gasteiger partial charge in [0.15, 0.2) is 0 Å². The van der Waals surface area contributed by atoms with E-state index in [4.69, 9.17) is 28.9 Å². The van der Waals surface area contributed by atoms with Crippen molar-refractivity contribution in [3.05, 3.63) is 67.9 Å². The van der Waals surface area contributed by atoms with Gasteiger partial charge in [-0.25, -0.2) is 4.39 Å². The molecule has 5 heteroatoms. The van der Waals surface area contributed by atoms with Crippen molar-refractivity contribution in [2.75, 3.05) is 0 Å². The molecule has 0 bridgehead atoms. The average molecular weight is 377 g/mol. The normalized spacial score (nSPS) is 12.4. The summed E-state index contributed by atoms with van der Waals surface area (Å²) in [6, 6.07) is 10.0. The number of halogens is 4. The summed E-state index contributed by atoms with van der Waals surface area (Å²) in [4.78, 5) is 0. The molecule has 0 aromatic heterocycles. The van der Waals surface area contributed by atoms with E-state index >= 15 is 0 Å². The van der Waals surface area contributed by atoms with Gasteiger partial charge >= 0.3 is 0 Å². The molecular formula is C15H13BrCl2FN. The maximum atomic E-state index is 13.8. The Kier molecular flexibility index (Phi) is 5.44. The van der Waals surface area contributed by atoms with Crippen molar-refractivity contribution < 1.29 is 4.39 Å². The highest BCUT2D eigenvalue weighted by Crippen LogP contribution is 2.26. The van der Waals surface area contributed by atoms with Crippen LogP contribution in [0.25, 0.3) is 0 Å². The predicted molar refractivity (Wildman–Crippen MR) is 85.9 cm³/mol. The number of rotatable bonds is 4. The average Bonchev–Trinajstić information content (AvgIpc) is 2.37. The van der Waals surface area contributed by atoms with Gasteiger partial charge in [0.25, 0.3) is 0 Å². The predicted octanol–water partition coefficient (Wildman–Crippen LogP) is 5.01. The van der Waals surface area contributed by atoms with Crippen LogP contribution in [0.2, 0.25) is 10.0 Å². The molecule has 0 aliphatic rings. The Morgan fingerprint density at radius 1 is 1.10 bits per heavy atom. The summed E-state index contributed by atoms with van der Waals surface area (Å²) in [5.74, 6) is -0.264. The second-order valence-electron chi connectivity index (χ2n) is 4.60. The SMILES string of the molecule is NC(Cc1ccc(Br)cc1F)Cc1c(Cl)cccc1Cl. The molecule has 0 spiro atoms. The molecule has 0 saturated heterocycles. The third-order valence-electron chi connectivity index (χ3n) is 3.03. The molecule has 2 N–H and O–H groups in total. The third kappa shape index (κ3) is 3.95. The van der Waals surface area contributed by atoms with E-state index in [0.717, 1.165) is 5.56 Å². The Bertz CT molecular complexity index is 599. The Morgan fingerprint density at radius 3 is 2.35 bits per heavy atom. The lowest BCUT2D eigenvalue weighted by Crippen LogP contribution is -2.26. The van der Waals surface area contributed by atoms with Crippen molar-refractivity contribution in [2.24, 2.45) is 5.73 Å². The van der Waals surface area contributed by atoms with E-state index in [-0.39, 0.29) is 11.9 Å². The summed E-state index contributed by atoms with van der Waals surface area (Å²) in [7, 11) is 0. The molecule has 0 saturated carbocycles. The molecular weight excluding hydrogens is 364 g/mol. The van der Waals surface area contributed by atoms with Gasteiger partial charge in [0.1, 0.15) is 5.82 Å². The Labute approximate surface area is 136 Å². The molecule has 2 aromatic rings. The van der Waals surface area contributed by atoms with Gasteiger partial charge in [-0.3, -0.25) is 0 Å². The summed E-state index contributed by atoms with van der Waals surface area (Å²) >= 11 is 15.4.